The van der Waals surface area contributed by atoms with Gasteiger partial charge in [-0.25, -0.2) is 0 Å². The topological polar surface area (TPSA) is 143 Å². The van der Waals surface area contributed by atoms with Crippen molar-refractivity contribution in [2.45, 2.75) is 44.9 Å². The number of phenols is 2. The first-order chi connectivity index (χ1) is 21.6. The molecule has 0 unspecified atom stereocenters. The Morgan fingerprint density at radius 1 is 0.761 bits per heavy atom. The number of alkyl halides is 3. The lowest BCUT2D eigenvalue weighted by atomic mass is 9.79. The monoisotopic (exact) mass is 732 g/mol. The Morgan fingerprint density at radius 3 is 1.48 bits per heavy atom. The molecular weight excluding hydrogens is 695 g/mol. The molecule has 4 rings (SSSR count). The van der Waals surface area contributed by atoms with Gasteiger partial charge in [-0.05, 0) is 64.0 Å². The van der Waals surface area contributed by atoms with Crippen LogP contribution in [0.25, 0.3) is 0 Å². The molecule has 2 aliphatic rings. The van der Waals surface area contributed by atoms with Gasteiger partial charge in [0.2, 0.25) is 0 Å². The number of hydrogen-bond acceptors (Lipinski definition) is 8. The third-order valence-corrected chi connectivity index (χ3v) is 10.3. The van der Waals surface area contributed by atoms with Crippen molar-refractivity contribution >= 4 is 52.3 Å². The van der Waals surface area contributed by atoms with E-state index in [1.165, 1.54) is 12.1 Å². The molecule has 2 aromatic rings. The summed E-state index contributed by atoms with van der Waals surface area (Å²) < 4.78 is 36.9. The molecule has 0 aromatic heterocycles. The number of carbonyl (C=O) groups is 1. The molecule has 0 bridgehead atoms. The molecular formula is C30H39Cl4F3N4O5. The number of aliphatic hydroxyl groups excluding tert-OH is 2. The summed E-state index contributed by atoms with van der Waals surface area (Å²) in [5, 5.41) is 42.2. The Balaban J connectivity index is 0.000000259. The first kappa shape index (κ1) is 38.7. The van der Waals surface area contributed by atoms with Crippen LogP contribution in [0.2, 0.25) is 20.1 Å². The van der Waals surface area contributed by atoms with Crippen molar-refractivity contribution in [3.8, 4) is 11.5 Å². The molecule has 16 heteroatoms. The molecule has 0 radical (unpaired) electrons. The molecule has 0 spiro atoms. The van der Waals surface area contributed by atoms with Crippen LogP contribution in [-0.4, -0.2) is 94.8 Å². The highest BCUT2D eigenvalue weighted by atomic mass is 35.5. The zero-order valence-electron chi connectivity index (χ0n) is 25.0. The van der Waals surface area contributed by atoms with Gasteiger partial charge in [-0.2, -0.15) is 13.2 Å². The van der Waals surface area contributed by atoms with Gasteiger partial charge in [-0.3, -0.25) is 14.6 Å². The van der Waals surface area contributed by atoms with Crippen LogP contribution in [-0.2, 0) is 17.9 Å². The highest BCUT2D eigenvalue weighted by Crippen LogP contribution is 2.36. The lowest BCUT2D eigenvalue weighted by Crippen LogP contribution is -2.50. The molecule has 2 aliphatic heterocycles. The van der Waals surface area contributed by atoms with Gasteiger partial charge in [-0.1, -0.05) is 46.4 Å². The third kappa shape index (κ3) is 10.4. The van der Waals surface area contributed by atoms with Crippen molar-refractivity contribution in [1.29, 1.82) is 0 Å². The molecule has 9 nitrogen and oxygen atoms in total. The average Bonchev–Trinajstić information content (AvgIpc) is 3.02. The number of nitrogens with one attached hydrogen (secondary N) is 1. The van der Waals surface area contributed by atoms with Crippen molar-refractivity contribution in [2.24, 2.45) is 16.6 Å². The van der Waals surface area contributed by atoms with Gasteiger partial charge in [0.25, 0.3) is 0 Å². The van der Waals surface area contributed by atoms with Crippen LogP contribution in [0.5, 0.6) is 11.5 Å². The third-order valence-electron chi connectivity index (χ3n) is 8.85. The van der Waals surface area contributed by atoms with E-state index in [-0.39, 0.29) is 41.7 Å². The average molecular weight is 734 g/mol. The summed E-state index contributed by atoms with van der Waals surface area (Å²) in [4.78, 5) is 15.2. The Bertz CT molecular complexity index is 1330. The lowest BCUT2D eigenvalue weighted by molar-refractivity contribution is -0.174. The summed E-state index contributed by atoms with van der Waals surface area (Å²) in [6.45, 7) is 3.75. The van der Waals surface area contributed by atoms with Crippen LogP contribution >= 0.6 is 46.4 Å². The molecule has 0 atom stereocenters. The summed E-state index contributed by atoms with van der Waals surface area (Å²) in [7, 11) is 0. The van der Waals surface area contributed by atoms with Gasteiger partial charge in [-0.15, -0.1) is 0 Å². The summed E-state index contributed by atoms with van der Waals surface area (Å²) in [6.07, 6.45) is -2.40. The fourth-order valence-electron chi connectivity index (χ4n) is 5.45. The predicted molar refractivity (Wildman–Crippen MR) is 172 cm³/mol. The van der Waals surface area contributed by atoms with E-state index in [0.29, 0.717) is 66.2 Å². The fourth-order valence-corrected chi connectivity index (χ4v) is 6.14. The molecule has 2 heterocycles. The van der Waals surface area contributed by atoms with Crippen LogP contribution in [0.3, 0.4) is 0 Å². The van der Waals surface area contributed by atoms with Gasteiger partial charge in [0.15, 0.2) is 0 Å². The molecule has 2 saturated heterocycles. The number of likely N-dealkylation sites (tertiary alicyclic amines) is 2. The summed E-state index contributed by atoms with van der Waals surface area (Å²) >= 11 is 23.6. The number of carbonyl (C=O) groups excluding carboxylic acids is 1. The Morgan fingerprint density at radius 2 is 1.13 bits per heavy atom. The second-order valence-electron chi connectivity index (χ2n) is 12.0. The maximum Gasteiger partial charge on any atom is 0.471 e. The summed E-state index contributed by atoms with van der Waals surface area (Å²) in [5.41, 5.74) is 6.17. The Hall–Kier alpha value is -1.74. The number of nitrogens with two attached hydrogens (primary N) is 1. The van der Waals surface area contributed by atoms with E-state index >= 15 is 0 Å². The van der Waals surface area contributed by atoms with Gasteiger partial charge < -0.3 is 31.5 Å². The first-order valence-corrected chi connectivity index (χ1v) is 16.1. The second kappa shape index (κ2) is 16.6. The number of nitrogens with zero attached hydrogens (tertiary/aromatic N) is 2. The highest BCUT2D eigenvalue weighted by molar-refractivity contribution is 6.42. The van der Waals surface area contributed by atoms with Gasteiger partial charge in [0, 0.05) is 66.9 Å². The Labute approximate surface area is 286 Å². The van der Waals surface area contributed by atoms with Crippen LogP contribution in [0, 0.1) is 10.8 Å². The number of amides is 1. The van der Waals surface area contributed by atoms with E-state index < -0.39 is 17.5 Å². The molecule has 0 aliphatic carbocycles. The number of aromatic hydroxyl groups is 2. The largest absolute Gasteiger partial charge is 0.508 e. The zero-order chi connectivity index (χ0) is 34.3. The van der Waals surface area contributed by atoms with Crippen molar-refractivity contribution in [3.63, 3.8) is 0 Å². The molecule has 258 valence electrons. The van der Waals surface area contributed by atoms with Crippen molar-refractivity contribution < 1.29 is 38.4 Å². The summed E-state index contributed by atoms with van der Waals surface area (Å²) in [5.74, 6) is -1.83. The maximum absolute atomic E-state index is 12.3. The Kier molecular flexibility index (Phi) is 14.0. The molecule has 46 heavy (non-hydrogen) atoms. The first-order valence-electron chi connectivity index (χ1n) is 14.6. The quantitative estimate of drug-likeness (QED) is 0.207. The maximum atomic E-state index is 12.3. The lowest BCUT2D eigenvalue weighted by Gasteiger charge is -2.41. The van der Waals surface area contributed by atoms with E-state index in [0.717, 1.165) is 31.5 Å². The van der Waals surface area contributed by atoms with Crippen LogP contribution in [0.1, 0.15) is 36.8 Å². The molecule has 0 saturated carbocycles. The van der Waals surface area contributed by atoms with Crippen molar-refractivity contribution in [1.82, 2.24) is 15.1 Å². The molecule has 1 amide bonds. The summed E-state index contributed by atoms with van der Waals surface area (Å²) in [6, 6.07) is 6.10. The SMILES string of the molecule is NCC1(CO)CCN(Cc2cc(Cl)c(Cl)cc2O)CC1.O=C(NCC1(CO)CCN(Cc2cc(Cl)c(Cl)cc2O)CC1)C(F)(F)F. The number of halogens is 7. The highest BCUT2D eigenvalue weighted by Gasteiger charge is 2.41. The normalized spacial score (nSPS) is 18.5. The smallest absolute Gasteiger partial charge is 0.471 e. The molecule has 7 N–H and O–H groups in total. The number of phenolic OH excluding ortho intramolecular Hbond substituents is 2. The van der Waals surface area contributed by atoms with Gasteiger partial charge in [0.1, 0.15) is 11.5 Å². The number of rotatable bonds is 9. The minimum Gasteiger partial charge on any atom is -0.508 e. The van der Waals surface area contributed by atoms with E-state index in [4.69, 9.17) is 52.1 Å². The van der Waals surface area contributed by atoms with Gasteiger partial charge in [0.05, 0.1) is 26.7 Å². The predicted octanol–water partition coefficient (Wildman–Crippen LogP) is 5.18. The fraction of sp³-hybridized carbons (Fsp3) is 0.567. The van der Waals surface area contributed by atoms with Crippen molar-refractivity contribution in [2.75, 3.05) is 52.5 Å². The van der Waals surface area contributed by atoms with Gasteiger partial charge >= 0.3 is 12.1 Å². The molecule has 2 fully saturated rings. The van der Waals surface area contributed by atoms with Crippen LogP contribution in [0.4, 0.5) is 13.2 Å². The van der Waals surface area contributed by atoms with Crippen LogP contribution < -0.4 is 11.1 Å². The standard InChI is InChI=1S/C16H19Cl2F3N2O3.C14H20Cl2N2O2/c17-11-5-10(13(25)6-12(11)18)7-23-3-1-15(9-24,2-4-23)8-22-14(26)16(19,20)21;15-11-5-10(13(20)6-12(11)16)7-18-3-1-14(8-17,9-19)2-4-18/h5-6,24-25H,1-4,7-9H2,(H,22,26);5-6,19-20H,1-4,7-9,17H2. The minimum absolute atomic E-state index is 0.0100. The van der Waals surface area contributed by atoms with E-state index in [9.17, 15) is 38.4 Å². The minimum atomic E-state index is -4.94. The second-order valence-corrected chi connectivity index (χ2v) is 13.7. The number of piperidine rings is 2. The molecule has 2 aromatic carbocycles. The van der Waals surface area contributed by atoms with E-state index in [1.54, 1.807) is 12.1 Å². The van der Waals surface area contributed by atoms with Crippen LogP contribution in [0.15, 0.2) is 24.3 Å². The number of benzene rings is 2. The van der Waals surface area contributed by atoms with Crippen molar-refractivity contribution in [3.05, 3.63) is 55.5 Å². The number of aliphatic hydroxyl groups is 2. The zero-order valence-corrected chi connectivity index (χ0v) is 28.0. The van der Waals surface area contributed by atoms with E-state index in [1.807, 2.05) is 10.2 Å². The number of hydrogen-bond donors (Lipinski definition) is 6. The van der Waals surface area contributed by atoms with E-state index in [2.05, 4.69) is 4.90 Å².